The molecule has 6 nitrogen and oxygen atoms in total. The van der Waals surface area contributed by atoms with Gasteiger partial charge in [-0.2, -0.15) is 0 Å². The standard InChI is InChI=1S/C11H12N4O2/c1-3-6-4-8-12-9-7(5-14(2)11(9)17)10(16)15(8)13-6/h4,13H,3,5H2,1-2H3. The minimum absolute atomic E-state index is 0.178. The van der Waals surface area contributed by atoms with Gasteiger partial charge in [0, 0.05) is 18.8 Å². The van der Waals surface area contributed by atoms with E-state index in [-0.39, 0.29) is 11.5 Å². The smallest absolute Gasteiger partial charge is 0.278 e. The maximum absolute atomic E-state index is 12.2. The fourth-order valence-corrected chi connectivity index (χ4v) is 2.10. The number of carbonyl (C=O) groups is 1. The van der Waals surface area contributed by atoms with Crippen molar-refractivity contribution < 1.29 is 4.79 Å². The van der Waals surface area contributed by atoms with E-state index in [4.69, 9.17) is 0 Å². The molecule has 0 saturated carbocycles. The molecule has 0 atom stereocenters. The molecule has 88 valence electrons. The summed E-state index contributed by atoms with van der Waals surface area (Å²) in [4.78, 5) is 29.7. The monoisotopic (exact) mass is 232 g/mol. The van der Waals surface area contributed by atoms with Crippen molar-refractivity contribution in [3.05, 3.63) is 33.4 Å². The number of nitrogens with zero attached hydrogens (tertiary/aromatic N) is 3. The zero-order chi connectivity index (χ0) is 12.2. The molecule has 0 bridgehead atoms. The zero-order valence-corrected chi connectivity index (χ0v) is 9.65. The highest BCUT2D eigenvalue weighted by molar-refractivity contribution is 5.96. The molecule has 1 N–H and O–H groups in total. The summed E-state index contributed by atoms with van der Waals surface area (Å²) >= 11 is 0. The number of rotatable bonds is 1. The quantitative estimate of drug-likeness (QED) is 0.762. The van der Waals surface area contributed by atoms with Gasteiger partial charge in [-0.25, -0.2) is 9.50 Å². The SMILES string of the molecule is CCc1cc2nc3c(c(=O)n2[nH]1)CN(C)C3=O. The number of aromatic nitrogens is 3. The first-order valence-corrected chi connectivity index (χ1v) is 5.50. The van der Waals surface area contributed by atoms with Crippen LogP contribution >= 0.6 is 0 Å². The summed E-state index contributed by atoms with van der Waals surface area (Å²) in [7, 11) is 1.67. The minimum Gasteiger partial charge on any atom is -0.336 e. The van der Waals surface area contributed by atoms with Gasteiger partial charge in [0.1, 0.15) is 5.69 Å². The van der Waals surface area contributed by atoms with Gasteiger partial charge in [0.15, 0.2) is 5.65 Å². The van der Waals surface area contributed by atoms with Crippen LogP contribution in [-0.4, -0.2) is 32.5 Å². The van der Waals surface area contributed by atoms with Crippen LogP contribution in [0.3, 0.4) is 0 Å². The highest BCUT2D eigenvalue weighted by atomic mass is 16.2. The predicted octanol–water partition coefficient (Wildman–Crippen LogP) is 0.171. The van der Waals surface area contributed by atoms with E-state index in [0.717, 1.165) is 12.1 Å². The van der Waals surface area contributed by atoms with Crippen LogP contribution in [0.1, 0.15) is 28.7 Å². The lowest BCUT2D eigenvalue weighted by molar-refractivity contribution is 0.0812. The van der Waals surface area contributed by atoms with Crippen molar-refractivity contribution in [1.29, 1.82) is 0 Å². The summed E-state index contributed by atoms with van der Waals surface area (Å²) in [5.41, 5.74) is 2.02. The molecular formula is C11H12N4O2. The van der Waals surface area contributed by atoms with Crippen LogP contribution < -0.4 is 5.56 Å². The number of fused-ring (bicyclic) bond motifs is 2. The number of aromatic amines is 1. The maximum Gasteiger partial charge on any atom is 0.278 e. The van der Waals surface area contributed by atoms with Gasteiger partial charge in [-0.3, -0.25) is 14.7 Å². The lowest BCUT2D eigenvalue weighted by Gasteiger charge is -2.03. The van der Waals surface area contributed by atoms with Crippen molar-refractivity contribution in [3.8, 4) is 0 Å². The predicted molar refractivity (Wildman–Crippen MR) is 61.0 cm³/mol. The normalized spacial score (nSPS) is 14.7. The molecule has 3 heterocycles. The summed E-state index contributed by atoms with van der Waals surface area (Å²) in [6.45, 7) is 2.33. The largest absolute Gasteiger partial charge is 0.336 e. The molecule has 0 aromatic carbocycles. The van der Waals surface area contributed by atoms with Crippen LogP contribution in [0.15, 0.2) is 10.9 Å². The molecule has 1 amide bonds. The van der Waals surface area contributed by atoms with Gasteiger partial charge in [0.25, 0.3) is 11.5 Å². The van der Waals surface area contributed by atoms with Crippen molar-refractivity contribution in [1.82, 2.24) is 19.5 Å². The second-order valence-electron chi connectivity index (χ2n) is 4.23. The Hall–Kier alpha value is -2.11. The molecule has 2 aromatic heterocycles. The number of hydrogen-bond donors (Lipinski definition) is 1. The van der Waals surface area contributed by atoms with Crippen molar-refractivity contribution in [3.63, 3.8) is 0 Å². The Bertz CT molecular complexity index is 683. The van der Waals surface area contributed by atoms with Crippen LogP contribution in [-0.2, 0) is 13.0 Å². The van der Waals surface area contributed by atoms with Crippen molar-refractivity contribution >= 4 is 11.6 Å². The van der Waals surface area contributed by atoms with E-state index in [1.165, 1.54) is 9.42 Å². The maximum atomic E-state index is 12.2. The molecule has 6 heteroatoms. The average Bonchev–Trinajstić information content (AvgIpc) is 2.85. The van der Waals surface area contributed by atoms with Crippen molar-refractivity contribution in [2.75, 3.05) is 7.05 Å². The molecule has 17 heavy (non-hydrogen) atoms. The third-order valence-electron chi connectivity index (χ3n) is 3.09. The zero-order valence-electron chi connectivity index (χ0n) is 9.65. The molecule has 2 aromatic rings. The molecule has 0 fully saturated rings. The van der Waals surface area contributed by atoms with E-state index >= 15 is 0 Å². The Morgan fingerprint density at radius 2 is 2.24 bits per heavy atom. The van der Waals surface area contributed by atoms with Gasteiger partial charge in [-0.15, -0.1) is 0 Å². The Balaban J connectivity index is 2.36. The van der Waals surface area contributed by atoms with Gasteiger partial charge < -0.3 is 4.90 Å². The Morgan fingerprint density at radius 1 is 1.47 bits per heavy atom. The molecule has 1 aliphatic heterocycles. The molecule has 0 spiro atoms. The summed E-state index contributed by atoms with van der Waals surface area (Å²) < 4.78 is 1.41. The Kier molecular flexibility index (Phi) is 1.89. The molecular weight excluding hydrogens is 220 g/mol. The molecule has 0 aliphatic carbocycles. The van der Waals surface area contributed by atoms with Crippen molar-refractivity contribution in [2.45, 2.75) is 19.9 Å². The van der Waals surface area contributed by atoms with Crippen LogP contribution in [0.2, 0.25) is 0 Å². The van der Waals surface area contributed by atoms with Gasteiger partial charge in [0.2, 0.25) is 0 Å². The van der Waals surface area contributed by atoms with E-state index in [0.29, 0.717) is 23.4 Å². The lowest BCUT2D eigenvalue weighted by Crippen LogP contribution is -2.20. The number of H-pyrrole nitrogens is 1. The molecule has 0 radical (unpaired) electrons. The fraction of sp³-hybridized carbons (Fsp3) is 0.364. The molecule has 1 aliphatic rings. The summed E-state index contributed by atoms with van der Waals surface area (Å²) in [5.74, 6) is -0.182. The lowest BCUT2D eigenvalue weighted by atomic mass is 10.2. The van der Waals surface area contributed by atoms with Crippen LogP contribution in [0.25, 0.3) is 5.65 Å². The van der Waals surface area contributed by atoms with E-state index in [9.17, 15) is 9.59 Å². The Morgan fingerprint density at radius 3 is 2.94 bits per heavy atom. The van der Waals surface area contributed by atoms with E-state index < -0.39 is 0 Å². The van der Waals surface area contributed by atoms with Crippen molar-refractivity contribution in [2.24, 2.45) is 0 Å². The summed E-state index contributed by atoms with van der Waals surface area (Å²) in [5, 5.41) is 2.98. The number of carbonyl (C=O) groups excluding carboxylic acids is 1. The molecule has 0 unspecified atom stereocenters. The van der Waals surface area contributed by atoms with Crippen LogP contribution in [0.4, 0.5) is 0 Å². The molecule has 3 rings (SSSR count). The fourth-order valence-electron chi connectivity index (χ4n) is 2.10. The number of hydrogen-bond acceptors (Lipinski definition) is 3. The van der Waals surface area contributed by atoms with E-state index in [1.54, 1.807) is 13.1 Å². The van der Waals surface area contributed by atoms with E-state index in [1.807, 2.05) is 6.92 Å². The van der Waals surface area contributed by atoms with E-state index in [2.05, 4.69) is 10.1 Å². The molecule has 0 saturated heterocycles. The Labute approximate surface area is 96.9 Å². The number of nitrogens with one attached hydrogen (secondary N) is 1. The average molecular weight is 232 g/mol. The first-order valence-electron chi connectivity index (χ1n) is 5.50. The summed E-state index contributed by atoms with van der Waals surface area (Å²) in [6.07, 6.45) is 0.793. The summed E-state index contributed by atoms with van der Waals surface area (Å²) in [6, 6.07) is 1.80. The third-order valence-corrected chi connectivity index (χ3v) is 3.09. The highest BCUT2D eigenvalue weighted by Crippen LogP contribution is 2.17. The van der Waals surface area contributed by atoms with Gasteiger partial charge in [-0.1, -0.05) is 6.92 Å². The third kappa shape index (κ3) is 1.23. The number of aryl methyl sites for hydroxylation is 1. The van der Waals surface area contributed by atoms with Crippen LogP contribution in [0.5, 0.6) is 0 Å². The number of amides is 1. The van der Waals surface area contributed by atoms with Gasteiger partial charge >= 0.3 is 0 Å². The topological polar surface area (TPSA) is 70.5 Å². The van der Waals surface area contributed by atoms with Gasteiger partial charge in [-0.05, 0) is 6.42 Å². The first kappa shape index (κ1) is 10.1. The second kappa shape index (κ2) is 3.19. The highest BCUT2D eigenvalue weighted by Gasteiger charge is 2.30. The minimum atomic E-state index is -0.182. The van der Waals surface area contributed by atoms with Gasteiger partial charge in [0.05, 0.1) is 12.1 Å². The second-order valence-corrected chi connectivity index (χ2v) is 4.23. The first-order chi connectivity index (χ1) is 8.11. The van der Waals surface area contributed by atoms with Crippen LogP contribution in [0, 0.1) is 0 Å².